The minimum Gasteiger partial charge on any atom is -0.309 e. The maximum Gasteiger partial charge on any atom is 0.142 e. The van der Waals surface area contributed by atoms with Gasteiger partial charge in [-0.05, 0) is 40.7 Å². The fourth-order valence-corrected chi connectivity index (χ4v) is 2.45. The molecule has 0 spiro atoms. The Morgan fingerprint density at radius 2 is 2.11 bits per heavy atom. The number of hydrogen-bond donors (Lipinski definition) is 1. The van der Waals surface area contributed by atoms with Crippen LogP contribution in [-0.4, -0.2) is 12.0 Å². The van der Waals surface area contributed by atoms with Gasteiger partial charge in [0.05, 0.1) is 15.5 Å². The molecule has 0 aliphatic carbocycles. The van der Waals surface area contributed by atoms with Gasteiger partial charge >= 0.3 is 0 Å². The van der Waals surface area contributed by atoms with Gasteiger partial charge in [-0.15, -0.1) is 0 Å². The third-order valence-corrected chi connectivity index (χ3v) is 3.62. The normalized spacial score (nSPS) is 12.4. The molecular weight excluding hydrogens is 319 g/mol. The number of nitrogens with one attached hydrogen (secondary N) is 1. The lowest BCUT2D eigenvalue weighted by molar-refractivity contribution is 0.571. The van der Waals surface area contributed by atoms with E-state index in [1.54, 1.807) is 43.7 Å². The lowest BCUT2D eigenvalue weighted by Crippen LogP contribution is -2.19. The Bertz CT molecular complexity index is 562. The summed E-state index contributed by atoms with van der Waals surface area (Å²) in [6.07, 6.45) is 3.19. The van der Waals surface area contributed by atoms with Crippen LogP contribution < -0.4 is 5.32 Å². The Morgan fingerprint density at radius 1 is 1.33 bits per heavy atom. The highest BCUT2D eigenvalue weighted by Crippen LogP contribution is 2.31. The molecule has 94 valence electrons. The first-order chi connectivity index (χ1) is 8.65. The Balaban J connectivity index is 2.53. The van der Waals surface area contributed by atoms with E-state index in [1.165, 1.54) is 0 Å². The van der Waals surface area contributed by atoms with Crippen LogP contribution in [0.15, 0.2) is 41.1 Å². The first kappa shape index (κ1) is 13.5. The Kier molecular flexibility index (Phi) is 4.32. The van der Waals surface area contributed by atoms with Crippen LogP contribution in [0.5, 0.6) is 0 Å². The van der Waals surface area contributed by atoms with Gasteiger partial charge in [-0.1, -0.05) is 23.7 Å². The standard InChI is InChI=1S/C13H11BrClFN2/c1-17-13(8-5-6-18-7-11(8)15)9-3-2-4-10(14)12(9)16/h2-7,13,17H,1H3. The summed E-state index contributed by atoms with van der Waals surface area (Å²) in [5, 5.41) is 3.58. The van der Waals surface area contributed by atoms with Crippen molar-refractivity contribution >= 4 is 27.5 Å². The molecule has 1 aromatic heterocycles. The molecule has 1 heterocycles. The maximum atomic E-state index is 14.1. The topological polar surface area (TPSA) is 24.9 Å². The van der Waals surface area contributed by atoms with E-state index >= 15 is 0 Å². The minimum atomic E-state index is -0.307. The molecule has 2 nitrogen and oxygen atoms in total. The second kappa shape index (κ2) is 5.78. The molecule has 1 atom stereocenters. The first-order valence-corrected chi connectivity index (χ1v) is 6.53. The smallest absolute Gasteiger partial charge is 0.142 e. The third kappa shape index (κ3) is 2.55. The summed E-state index contributed by atoms with van der Waals surface area (Å²) in [6, 6.07) is 6.67. The summed E-state index contributed by atoms with van der Waals surface area (Å²) >= 11 is 9.29. The molecule has 5 heteroatoms. The van der Waals surface area contributed by atoms with Crippen LogP contribution in [0.2, 0.25) is 5.02 Å². The van der Waals surface area contributed by atoms with Crippen molar-refractivity contribution < 1.29 is 4.39 Å². The van der Waals surface area contributed by atoms with Gasteiger partial charge in [0.25, 0.3) is 0 Å². The summed E-state index contributed by atoms with van der Waals surface area (Å²) < 4.78 is 14.5. The van der Waals surface area contributed by atoms with E-state index in [2.05, 4.69) is 26.2 Å². The number of nitrogens with zero attached hydrogens (tertiary/aromatic N) is 1. The van der Waals surface area contributed by atoms with Crippen LogP contribution in [0.4, 0.5) is 4.39 Å². The van der Waals surface area contributed by atoms with Gasteiger partial charge in [0.15, 0.2) is 0 Å². The van der Waals surface area contributed by atoms with Crippen molar-refractivity contribution in [3.63, 3.8) is 0 Å². The molecule has 0 amide bonds. The Hall–Kier alpha value is -0.970. The fraction of sp³-hybridized carbons (Fsp3) is 0.154. The SMILES string of the molecule is CNC(c1ccncc1Cl)c1cccc(Br)c1F. The Morgan fingerprint density at radius 3 is 2.78 bits per heavy atom. The highest BCUT2D eigenvalue weighted by Gasteiger charge is 2.19. The van der Waals surface area contributed by atoms with E-state index in [4.69, 9.17) is 11.6 Å². The number of hydrogen-bond acceptors (Lipinski definition) is 2. The van der Waals surface area contributed by atoms with Crippen LogP contribution >= 0.6 is 27.5 Å². The van der Waals surface area contributed by atoms with Crippen LogP contribution in [-0.2, 0) is 0 Å². The van der Waals surface area contributed by atoms with E-state index in [0.29, 0.717) is 15.1 Å². The van der Waals surface area contributed by atoms with E-state index in [1.807, 2.05) is 0 Å². The van der Waals surface area contributed by atoms with Crippen molar-refractivity contribution in [3.8, 4) is 0 Å². The highest BCUT2D eigenvalue weighted by atomic mass is 79.9. The summed E-state index contributed by atoms with van der Waals surface area (Å²) in [6.45, 7) is 0. The summed E-state index contributed by atoms with van der Waals surface area (Å²) in [5.41, 5.74) is 1.34. The predicted molar refractivity (Wildman–Crippen MR) is 74.2 cm³/mol. The lowest BCUT2D eigenvalue weighted by atomic mass is 9.99. The molecular formula is C13H11BrClFN2. The quantitative estimate of drug-likeness (QED) is 0.922. The maximum absolute atomic E-state index is 14.1. The van der Waals surface area contributed by atoms with Gasteiger partial charge in [-0.3, -0.25) is 4.98 Å². The minimum absolute atomic E-state index is 0.287. The van der Waals surface area contributed by atoms with E-state index in [0.717, 1.165) is 5.56 Å². The van der Waals surface area contributed by atoms with Gasteiger partial charge in [-0.2, -0.15) is 0 Å². The van der Waals surface area contributed by atoms with E-state index in [-0.39, 0.29) is 11.9 Å². The molecule has 2 aromatic rings. The van der Waals surface area contributed by atoms with Crippen molar-refractivity contribution in [2.24, 2.45) is 0 Å². The second-order valence-electron chi connectivity index (χ2n) is 3.76. The molecule has 1 unspecified atom stereocenters. The van der Waals surface area contributed by atoms with E-state index in [9.17, 15) is 4.39 Å². The summed E-state index contributed by atoms with van der Waals surface area (Å²) in [5.74, 6) is -0.287. The van der Waals surface area contributed by atoms with Crippen molar-refractivity contribution in [2.45, 2.75) is 6.04 Å². The third-order valence-electron chi connectivity index (χ3n) is 2.70. The zero-order valence-corrected chi connectivity index (χ0v) is 12.0. The van der Waals surface area contributed by atoms with Gasteiger partial charge < -0.3 is 5.32 Å². The van der Waals surface area contributed by atoms with Crippen LogP contribution in [0.25, 0.3) is 0 Å². The van der Waals surface area contributed by atoms with Gasteiger partial charge in [0.2, 0.25) is 0 Å². The number of halogens is 3. The number of pyridine rings is 1. The van der Waals surface area contributed by atoms with Gasteiger partial charge in [0.1, 0.15) is 5.82 Å². The van der Waals surface area contributed by atoms with Crippen molar-refractivity contribution in [1.82, 2.24) is 10.3 Å². The second-order valence-corrected chi connectivity index (χ2v) is 5.02. The molecule has 0 saturated heterocycles. The van der Waals surface area contributed by atoms with Crippen LogP contribution in [0.3, 0.4) is 0 Å². The number of benzene rings is 1. The largest absolute Gasteiger partial charge is 0.309 e. The van der Waals surface area contributed by atoms with Crippen LogP contribution in [0, 0.1) is 5.82 Å². The Labute approximate surface area is 118 Å². The highest BCUT2D eigenvalue weighted by molar-refractivity contribution is 9.10. The average molecular weight is 330 g/mol. The zero-order chi connectivity index (χ0) is 13.1. The number of rotatable bonds is 3. The molecule has 0 bridgehead atoms. The average Bonchev–Trinajstić information content (AvgIpc) is 2.37. The van der Waals surface area contributed by atoms with Crippen LogP contribution in [0.1, 0.15) is 17.2 Å². The van der Waals surface area contributed by atoms with Crippen molar-refractivity contribution in [2.75, 3.05) is 7.05 Å². The molecule has 0 aliphatic heterocycles. The molecule has 2 rings (SSSR count). The van der Waals surface area contributed by atoms with Crippen molar-refractivity contribution in [3.05, 3.63) is 63.1 Å². The lowest BCUT2D eigenvalue weighted by Gasteiger charge is -2.19. The molecule has 0 fully saturated rings. The summed E-state index contributed by atoms with van der Waals surface area (Å²) in [4.78, 5) is 3.93. The monoisotopic (exact) mass is 328 g/mol. The molecule has 1 aromatic carbocycles. The molecule has 0 saturated carbocycles. The zero-order valence-electron chi connectivity index (χ0n) is 9.62. The molecule has 18 heavy (non-hydrogen) atoms. The fourth-order valence-electron chi connectivity index (χ4n) is 1.84. The van der Waals surface area contributed by atoms with Gasteiger partial charge in [0, 0.05) is 18.0 Å². The first-order valence-electron chi connectivity index (χ1n) is 5.35. The van der Waals surface area contributed by atoms with Gasteiger partial charge in [-0.25, -0.2) is 4.39 Å². The van der Waals surface area contributed by atoms with E-state index < -0.39 is 0 Å². The number of aromatic nitrogens is 1. The van der Waals surface area contributed by atoms with Crippen molar-refractivity contribution in [1.29, 1.82) is 0 Å². The molecule has 1 N–H and O–H groups in total. The predicted octanol–water partition coefficient (Wildman–Crippen LogP) is 3.95. The summed E-state index contributed by atoms with van der Waals surface area (Å²) in [7, 11) is 1.77. The molecule has 0 radical (unpaired) electrons. The molecule has 0 aliphatic rings.